The van der Waals surface area contributed by atoms with Gasteiger partial charge in [-0.15, -0.1) is 11.3 Å². The van der Waals surface area contributed by atoms with Crippen molar-refractivity contribution in [1.29, 1.82) is 0 Å². The molecule has 0 aliphatic rings. The molecule has 1 aromatic carbocycles. The number of nitrogens with zero attached hydrogens (tertiary/aromatic N) is 1. The number of non-ortho nitro benzene ring substituents is 1. The highest BCUT2D eigenvalue weighted by atomic mass is 32.1. The fourth-order valence-electron chi connectivity index (χ4n) is 1.45. The zero-order chi connectivity index (χ0) is 14.4. The topological polar surface area (TPSA) is 69.4 Å². The van der Waals surface area contributed by atoms with Crippen molar-refractivity contribution in [2.75, 3.05) is 0 Å². The van der Waals surface area contributed by atoms with Crippen molar-refractivity contribution >= 4 is 29.1 Å². The van der Waals surface area contributed by atoms with Crippen LogP contribution >= 0.6 is 11.3 Å². The zero-order valence-corrected chi connectivity index (χ0v) is 11.2. The van der Waals surface area contributed by atoms with Gasteiger partial charge < -0.3 is 4.74 Å². The van der Waals surface area contributed by atoms with E-state index >= 15 is 0 Å². The number of ether oxygens (including phenoxy) is 1. The Morgan fingerprint density at radius 1 is 1.30 bits per heavy atom. The molecule has 0 saturated heterocycles. The quantitative estimate of drug-likeness (QED) is 0.366. The highest BCUT2D eigenvalue weighted by Crippen LogP contribution is 2.13. The summed E-state index contributed by atoms with van der Waals surface area (Å²) in [6.07, 6.45) is 3.04. The Labute approximate surface area is 119 Å². The van der Waals surface area contributed by atoms with Gasteiger partial charge in [-0.3, -0.25) is 10.1 Å². The number of nitro groups is 1. The molecule has 20 heavy (non-hydrogen) atoms. The van der Waals surface area contributed by atoms with E-state index in [2.05, 4.69) is 0 Å². The molecular weight excluding hydrogens is 278 g/mol. The lowest BCUT2D eigenvalue weighted by atomic mass is 10.2. The van der Waals surface area contributed by atoms with E-state index < -0.39 is 10.9 Å². The van der Waals surface area contributed by atoms with Crippen LogP contribution in [0.1, 0.15) is 10.4 Å². The summed E-state index contributed by atoms with van der Waals surface area (Å²) >= 11 is 1.53. The Kier molecular flexibility index (Phi) is 4.62. The van der Waals surface area contributed by atoms with Crippen molar-refractivity contribution < 1.29 is 14.5 Å². The SMILES string of the molecule is O=C(C=Cc1cccs1)OCc1ccc([N+](=O)[O-])cc1. The van der Waals surface area contributed by atoms with Crippen molar-refractivity contribution in [2.24, 2.45) is 0 Å². The molecule has 102 valence electrons. The van der Waals surface area contributed by atoms with Crippen LogP contribution in [0.15, 0.2) is 47.9 Å². The lowest BCUT2D eigenvalue weighted by Gasteiger charge is -2.01. The van der Waals surface area contributed by atoms with Gasteiger partial charge in [0.15, 0.2) is 0 Å². The third-order valence-electron chi connectivity index (χ3n) is 2.46. The predicted molar refractivity (Wildman–Crippen MR) is 76.2 cm³/mol. The minimum Gasteiger partial charge on any atom is -0.458 e. The molecule has 1 aromatic heterocycles. The van der Waals surface area contributed by atoms with Crippen LogP contribution in [0.25, 0.3) is 6.08 Å². The Balaban J connectivity index is 1.85. The molecular formula is C14H11NO4S. The van der Waals surface area contributed by atoms with E-state index in [1.807, 2.05) is 17.5 Å². The molecule has 0 amide bonds. The summed E-state index contributed by atoms with van der Waals surface area (Å²) < 4.78 is 5.04. The molecule has 2 rings (SSSR count). The summed E-state index contributed by atoms with van der Waals surface area (Å²) in [5, 5.41) is 12.4. The number of hydrogen-bond donors (Lipinski definition) is 0. The molecule has 0 aliphatic carbocycles. The lowest BCUT2D eigenvalue weighted by Crippen LogP contribution is -2.00. The second-order valence-corrected chi connectivity index (χ2v) is 4.86. The molecule has 2 aromatic rings. The number of esters is 1. The minimum atomic E-state index is -0.473. The van der Waals surface area contributed by atoms with Gasteiger partial charge in [0.1, 0.15) is 6.61 Å². The largest absolute Gasteiger partial charge is 0.458 e. The maximum atomic E-state index is 11.5. The van der Waals surface area contributed by atoms with E-state index in [0.29, 0.717) is 5.56 Å². The van der Waals surface area contributed by atoms with Gasteiger partial charge in [-0.2, -0.15) is 0 Å². The molecule has 1 heterocycles. The minimum absolute atomic E-state index is 0.0117. The Bertz CT molecular complexity index is 617. The number of carbonyl (C=O) groups excluding carboxylic acids is 1. The maximum absolute atomic E-state index is 11.5. The maximum Gasteiger partial charge on any atom is 0.331 e. The normalized spacial score (nSPS) is 10.6. The van der Waals surface area contributed by atoms with Gasteiger partial charge in [0, 0.05) is 23.1 Å². The van der Waals surface area contributed by atoms with Gasteiger partial charge in [-0.25, -0.2) is 4.79 Å². The lowest BCUT2D eigenvalue weighted by molar-refractivity contribution is -0.384. The number of rotatable bonds is 5. The van der Waals surface area contributed by atoms with Crippen molar-refractivity contribution in [3.8, 4) is 0 Å². The standard InChI is InChI=1S/C14H11NO4S/c16-14(8-7-13-2-1-9-20-13)19-10-11-3-5-12(6-4-11)15(17)18/h1-9H,10H2. The summed E-state index contributed by atoms with van der Waals surface area (Å²) in [6, 6.07) is 9.68. The molecule has 0 fully saturated rings. The van der Waals surface area contributed by atoms with Crippen LogP contribution < -0.4 is 0 Å². The predicted octanol–water partition coefficient (Wildman–Crippen LogP) is 3.41. The van der Waals surface area contributed by atoms with E-state index in [0.717, 1.165) is 4.88 Å². The van der Waals surface area contributed by atoms with Crippen LogP contribution in [0, 0.1) is 10.1 Å². The number of benzene rings is 1. The molecule has 0 saturated carbocycles. The molecule has 0 bridgehead atoms. The average Bonchev–Trinajstić information content (AvgIpc) is 2.96. The fourth-order valence-corrected chi connectivity index (χ4v) is 2.07. The van der Waals surface area contributed by atoms with Crippen LogP contribution in [0.5, 0.6) is 0 Å². The zero-order valence-electron chi connectivity index (χ0n) is 10.4. The number of thiophene rings is 1. The third kappa shape index (κ3) is 4.03. The van der Waals surface area contributed by atoms with E-state index in [1.165, 1.54) is 29.5 Å². The van der Waals surface area contributed by atoms with Gasteiger partial charge in [0.05, 0.1) is 4.92 Å². The number of carbonyl (C=O) groups is 1. The van der Waals surface area contributed by atoms with Gasteiger partial charge in [0.2, 0.25) is 0 Å². The van der Waals surface area contributed by atoms with Crippen LogP contribution in [0.3, 0.4) is 0 Å². The van der Waals surface area contributed by atoms with Crippen molar-refractivity contribution in [3.63, 3.8) is 0 Å². The van der Waals surface area contributed by atoms with Gasteiger partial charge >= 0.3 is 5.97 Å². The molecule has 5 nitrogen and oxygen atoms in total. The van der Waals surface area contributed by atoms with Crippen LogP contribution in [-0.2, 0) is 16.1 Å². The first-order valence-corrected chi connectivity index (χ1v) is 6.65. The second-order valence-electron chi connectivity index (χ2n) is 3.88. The van der Waals surface area contributed by atoms with E-state index in [-0.39, 0.29) is 12.3 Å². The van der Waals surface area contributed by atoms with Crippen molar-refractivity contribution in [3.05, 3.63) is 68.4 Å². The highest BCUT2D eigenvalue weighted by molar-refractivity contribution is 7.10. The summed E-state index contributed by atoms with van der Waals surface area (Å²) in [6.45, 7) is 0.0889. The number of nitro benzene ring substituents is 1. The van der Waals surface area contributed by atoms with Crippen LogP contribution in [0.2, 0.25) is 0 Å². The molecule has 0 aliphatic heterocycles. The summed E-state index contributed by atoms with van der Waals surface area (Å²) in [5.41, 5.74) is 0.714. The summed E-state index contributed by atoms with van der Waals surface area (Å²) in [7, 11) is 0. The Morgan fingerprint density at radius 2 is 2.05 bits per heavy atom. The molecule has 0 N–H and O–H groups in total. The Hall–Kier alpha value is -2.47. The molecule has 0 atom stereocenters. The first kappa shape index (κ1) is 14.0. The van der Waals surface area contributed by atoms with Gasteiger partial charge in [0.25, 0.3) is 5.69 Å². The van der Waals surface area contributed by atoms with E-state index in [4.69, 9.17) is 4.74 Å². The average molecular weight is 289 g/mol. The van der Waals surface area contributed by atoms with Crippen molar-refractivity contribution in [1.82, 2.24) is 0 Å². The van der Waals surface area contributed by atoms with Gasteiger partial charge in [-0.05, 0) is 35.2 Å². The van der Waals surface area contributed by atoms with Crippen LogP contribution in [0.4, 0.5) is 5.69 Å². The van der Waals surface area contributed by atoms with Crippen molar-refractivity contribution in [2.45, 2.75) is 6.61 Å². The first-order valence-electron chi connectivity index (χ1n) is 5.77. The second kappa shape index (κ2) is 6.63. The van der Waals surface area contributed by atoms with Crippen LogP contribution in [-0.4, -0.2) is 10.9 Å². The first-order chi connectivity index (χ1) is 9.65. The molecule has 0 radical (unpaired) electrons. The summed E-state index contributed by atoms with van der Waals surface area (Å²) in [5.74, 6) is -0.447. The molecule has 0 spiro atoms. The summed E-state index contributed by atoms with van der Waals surface area (Å²) in [4.78, 5) is 22.5. The van der Waals surface area contributed by atoms with E-state index in [1.54, 1.807) is 18.2 Å². The van der Waals surface area contributed by atoms with Gasteiger partial charge in [-0.1, -0.05) is 6.07 Å². The molecule has 0 unspecified atom stereocenters. The fraction of sp³-hybridized carbons (Fsp3) is 0.0714. The molecule has 6 heteroatoms. The smallest absolute Gasteiger partial charge is 0.331 e. The third-order valence-corrected chi connectivity index (χ3v) is 3.29. The van der Waals surface area contributed by atoms with E-state index in [9.17, 15) is 14.9 Å². The highest BCUT2D eigenvalue weighted by Gasteiger charge is 2.05. The Morgan fingerprint density at radius 3 is 2.65 bits per heavy atom. The number of hydrogen-bond acceptors (Lipinski definition) is 5. The monoisotopic (exact) mass is 289 g/mol.